The molecule has 4 nitrogen and oxygen atoms in total. The van der Waals surface area contributed by atoms with E-state index in [0.29, 0.717) is 13.0 Å². The lowest BCUT2D eigenvalue weighted by Gasteiger charge is -2.15. The number of hydrogen-bond donors (Lipinski definition) is 2. The molecule has 0 spiro atoms. The fraction of sp³-hybridized carbons (Fsp3) is 0.500. The number of carbonyl (C=O) groups is 1. The highest BCUT2D eigenvalue weighted by molar-refractivity contribution is 5.76. The maximum Gasteiger partial charge on any atom is 0.220 e. The van der Waals surface area contributed by atoms with Gasteiger partial charge in [0.2, 0.25) is 5.91 Å². The van der Waals surface area contributed by atoms with Crippen molar-refractivity contribution in [3.63, 3.8) is 0 Å². The van der Waals surface area contributed by atoms with Crippen LogP contribution in [-0.2, 0) is 4.79 Å². The molecule has 0 bridgehead atoms. The van der Waals surface area contributed by atoms with Gasteiger partial charge < -0.3 is 11.1 Å². The van der Waals surface area contributed by atoms with Crippen LogP contribution in [0.1, 0.15) is 31.9 Å². The fourth-order valence-electron chi connectivity index (χ4n) is 1.42. The van der Waals surface area contributed by atoms with Crippen LogP contribution in [0.15, 0.2) is 24.5 Å². The molecule has 0 aliphatic heterocycles. The van der Waals surface area contributed by atoms with Gasteiger partial charge in [0.15, 0.2) is 0 Å². The molecule has 0 saturated carbocycles. The summed E-state index contributed by atoms with van der Waals surface area (Å²) < 4.78 is 0. The topological polar surface area (TPSA) is 68.0 Å². The third kappa shape index (κ3) is 3.98. The Hall–Kier alpha value is -1.42. The molecule has 2 atom stereocenters. The number of pyridine rings is 1. The van der Waals surface area contributed by atoms with Gasteiger partial charge in [-0.15, -0.1) is 0 Å². The van der Waals surface area contributed by atoms with Gasteiger partial charge in [-0.2, -0.15) is 0 Å². The first kappa shape index (κ1) is 12.6. The van der Waals surface area contributed by atoms with Crippen molar-refractivity contribution in [3.05, 3.63) is 30.1 Å². The number of carbonyl (C=O) groups excluding carboxylic acids is 1. The Balaban J connectivity index is 2.46. The van der Waals surface area contributed by atoms with E-state index >= 15 is 0 Å². The minimum Gasteiger partial charge on any atom is -0.350 e. The summed E-state index contributed by atoms with van der Waals surface area (Å²) >= 11 is 0. The minimum absolute atomic E-state index is 0.00817. The molecule has 4 heteroatoms. The summed E-state index contributed by atoms with van der Waals surface area (Å²) in [7, 11) is 0. The van der Waals surface area contributed by atoms with Crippen LogP contribution < -0.4 is 11.1 Å². The van der Waals surface area contributed by atoms with Crippen LogP contribution in [0, 0.1) is 5.92 Å². The standard InChI is InChI=1S/C12H19N3O/c1-9(7-13)6-12(16)15-10(2)11-4-3-5-14-8-11/h3-5,8-10H,6-7,13H2,1-2H3,(H,15,16). The van der Waals surface area contributed by atoms with Crippen molar-refractivity contribution in [1.29, 1.82) is 0 Å². The first-order valence-corrected chi connectivity index (χ1v) is 5.52. The van der Waals surface area contributed by atoms with Crippen LogP contribution >= 0.6 is 0 Å². The average molecular weight is 221 g/mol. The molecule has 0 aliphatic carbocycles. The molecule has 16 heavy (non-hydrogen) atoms. The summed E-state index contributed by atoms with van der Waals surface area (Å²) in [6.45, 7) is 4.45. The summed E-state index contributed by atoms with van der Waals surface area (Å²) in [6, 6.07) is 3.80. The van der Waals surface area contributed by atoms with Gasteiger partial charge in [-0.1, -0.05) is 13.0 Å². The quantitative estimate of drug-likeness (QED) is 0.786. The van der Waals surface area contributed by atoms with E-state index in [1.807, 2.05) is 26.0 Å². The van der Waals surface area contributed by atoms with E-state index in [1.165, 1.54) is 0 Å². The summed E-state index contributed by atoms with van der Waals surface area (Å²) in [5.41, 5.74) is 6.48. The van der Waals surface area contributed by atoms with Crippen molar-refractivity contribution in [3.8, 4) is 0 Å². The van der Waals surface area contributed by atoms with Crippen LogP contribution in [0.5, 0.6) is 0 Å². The average Bonchev–Trinajstić information content (AvgIpc) is 2.29. The summed E-state index contributed by atoms with van der Waals surface area (Å²) in [5, 5.41) is 2.93. The Bertz CT molecular complexity index is 326. The molecule has 0 aromatic carbocycles. The molecule has 0 aliphatic rings. The molecule has 1 aromatic heterocycles. The summed E-state index contributed by atoms with van der Waals surface area (Å²) in [6.07, 6.45) is 3.95. The third-order valence-corrected chi connectivity index (χ3v) is 2.50. The fourth-order valence-corrected chi connectivity index (χ4v) is 1.42. The van der Waals surface area contributed by atoms with E-state index in [4.69, 9.17) is 5.73 Å². The Morgan fingerprint density at radius 3 is 2.88 bits per heavy atom. The number of rotatable bonds is 5. The SMILES string of the molecule is CC(CN)CC(=O)NC(C)c1cccnc1. The Labute approximate surface area is 96.3 Å². The van der Waals surface area contributed by atoms with Crippen molar-refractivity contribution in [2.24, 2.45) is 11.7 Å². The van der Waals surface area contributed by atoms with E-state index in [0.717, 1.165) is 5.56 Å². The smallest absolute Gasteiger partial charge is 0.220 e. The van der Waals surface area contributed by atoms with Crippen molar-refractivity contribution in [2.75, 3.05) is 6.54 Å². The first-order chi connectivity index (χ1) is 7.63. The van der Waals surface area contributed by atoms with Gasteiger partial charge >= 0.3 is 0 Å². The monoisotopic (exact) mass is 221 g/mol. The van der Waals surface area contributed by atoms with Crippen LogP contribution in [0.4, 0.5) is 0 Å². The van der Waals surface area contributed by atoms with E-state index in [2.05, 4.69) is 10.3 Å². The molecule has 1 aromatic rings. The van der Waals surface area contributed by atoms with Gasteiger partial charge in [0.25, 0.3) is 0 Å². The van der Waals surface area contributed by atoms with Crippen molar-refractivity contribution < 1.29 is 4.79 Å². The number of aromatic nitrogens is 1. The largest absolute Gasteiger partial charge is 0.350 e. The number of nitrogens with one attached hydrogen (secondary N) is 1. The van der Waals surface area contributed by atoms with Crippen LogP contribution in [0.25, 0.3) is 0 Å². The van der Waals surface area contributed by atoms with Gasteiger partial charge in [-0.25, -0.2) is 0 Å². The second-order valence-corrected chi connectivity index (χ2v) is 4.12. The zero-order valence-corrected chi connectivity index (χ0v) is 9.81. The second-order valence-electron chi connectivity index (χ2n) is 4.12. The zero-order valence-electron chi connectivity index (χ0n) is 9.81. The highest BCUT2D eigenvalue weighted by atomic mass is 16.1. The van der Waals surface area contributed by atoms with E-state index in [-0.39, 0.29) is 17.9 Å². The molecular weight excluding hydrogens is 202 g/mol. The van der Waals surface area contributed by atoms with Crippen molar-refractivity contribution >= 4 is 5.91 Å². The van der Waals surface area contributed by atoms with Crippen molar-refractivity contribution in [2.45, 2.75) is 26.3 Å². The summed E-state index contributed by atoms with van der Waals surface area (Å²) in [4.78, 5) is 15.6. The molecule has 2 unspecified atom stereocenters. The first-order valence-electron chi connectivity index (χ1n) is 5.52. The molecule has 3 N–H and O–H groups in total. The lowest BCUT2D eigenvalue weighted by atomic mass is 10.1. The van der Waals surface area contributed by atoms with E-state index in [9.17, 15) is 4.79 Å². The van der Waals surface area contributed by atoms with Crippen LogP contribution in [-0.4, -0.2) is 17.4 Å². The van der Waals surface area contributed by atoms with Gasteiger partial charge in [0.05, 0.1) is 6.04 Å². The summed E-state index contributed by atoms with van der Waals surface area (Å²) in [5.74, 6) is 0.260. The number of nitrogens with zero attached hydrogens (tertiary/aromatic N) is 1. The van der Waals surface area contributed by atoms with Crippen LogP contribution in [0.2, 0.25) is 0 Å². The minimum atomic E-state index is -0.00817. The normalized spacial score (nSPS) is 14.2. The molecule has 0 fully saturated rings. The Morgan fingerprint density at radius 2 is 2.31 bits per heavy atom. The Kier molecular flexibility index (Phi) is 4.92. The predicted octanol–water partition coefficient (Wildman–Crippen LogP) is 1.24. The molecule has 88 valence electrons. The van der Waals surface area contributed by atoms with Gasteiger partial charge in [-0.3, -0.25) is 9.78 Å². The number of nitrogens with two attached hydrogens (primary N) is 1. The van der Waals surface area contributed by atoms with Crippen LogP contribution in [0.3, 0.4) is 0 Å². The lowest BCUT2D eigenvalue weighted by molar-refractivity contribution is -0.122. The van der Waals surface area contributed by atoms with Gasteiger partial charge in [0, 0.05) is 18.8 Å². The molecular formula is C12H19N3O. The third-order valence-electron chi connectivity index (χ3n) is 2.50. The second kappa shape index (κ2) is 6.23. The maximum atomic E-state index is 11.6. The lowest BCUT2D eigenvalue weighted by Crippen LogP contribution is -2.29. The molecule has 0 saturated heterocycles. The highest BCUT2D eigenvalue weighted by Gasteiger charge is 2.11. The van der Waals surface area contributed by atoms with E-state index in [1.54, 1.807) is 12.4 Å². The highest BCUT2D eigenvalue weighted by Crippen LogP contribution is 2.10. The number of hydrogen-bond acceptors (Lipinski definition) is 3. The molecule has 0 radical (unpaired) electrons. The van der Waals surface area contributed by atoms with E-state index < -0.39 is 0 Å². The Morgan fingerprint density at radius 1 is 1.56 bits per heavy atom. The van der Waals surface area contributed by atoms with Crippen molar-refractivity contribution in [1.82, 2.24) is 10.3 Å². The zero-order chi connectivity index (χ0) is 12.0. The van der Waals surface area contributed by atoms with Gasteiger partial charge in [0.1, 0.15) is 0 Å². The number of amides is 1. The molecule has 1 rings (SSSR count). The molecule has 1 heterocycles. The maximum absolute atomic E-state index is 11.6. The van der Waals surface area contributed by atoms with Gasteiger partial charge in [-0.05, 0) is 31.0 Å². The molecule has 1 amide bonds. The predicted molar refractivity (Wildman–Crippen MR) is 63.6 cm³/mol.